The summed E-state index contributed by atoms with van der Waals surface area (Å²) in [6.45, 7) is 4.64. The minimum atomic E-state index is -3.89. The van der Waals surface area contributed by atoms with E-state index in [0.29, 0.717) is 12.1 Å². The van der Waals surface area contributed by atoms with Crippen LogP contribution in [0.15, 0.2) is 68.9 Å². The summed E-state index contributed by atoms with van der Waals surface area (Å²) in [5.41, 5.74) is 0.493. The molecule has 9 heteroatoms. The summed E-state index contributed by atoms with van der Waals surface area (Å²) in [4.78, 5) is 6.69. The Hall–Kier alpha value is -2.75. The maximum atomic E-state index is 13.3. The molecule has 4 rings (SSSR count). The van der Waals surface area contributed by atoms with Gasteiger partial charge in [-0.2, -0.15) is 4.98 Å². The number of halogens is 1. The molecule has 0 amide bonds. The van der Waals surface area contributed by atoms with E-state index in [-0.39, 0.29) is 21.7 Å². The van der Waals surface area contributed by atoms with Gasteiger partial charge in [0.05, 0.1) is 18.1 Å². The highest BCUT2D eigenvalue weighted by Crippen LogP contribution is 2.32. The normalized spacial score (nSPS) is 15.1. The average molecular weight is 446 g/mol. The Morgan fingerprint density at radius 1 is 1.03 bits per heavy atom. The molecule has 1 aromatic heterocycles. The van der Waals surface area contributed by atoms with E-state index in [1.807, 2.05) is 0 Å². The van der Waals surface area contributed by atoms with Crippen molar-refractivity contribution in [2.24, 2.45) is 0 Å². The van der Waals surface area contributed by atoms with E-state index in [1.165, 1.54) is 36.4 Å². The molecule has 1 saturated heterocycles. The number of anilines is 1. The van der Waals surface area contributed by atoms with Gasteiger partial charge in [-0.15, -0.1) is 0 Å². The summed E-state index contributed by atoms with van der Waals surface area (Å²) in [5.74, 6) is -0.191. The Kier molecular flexibility index (Phi) is 6.64. The maximum absolute atomic E-state index is 13.3. The van der Waals surface area contributed by atoms with Crippen molar-refractivity contribution < 1.29 is 22.0 Å². The van der Waals surface area contributed by atoms with Gasteiger partial charge in [-0.3, -0.25) is 4.90 Å². The minimum Gasteiger partial charge on any atom is -0.419 e. The molecule has 1 N–H and O–H groups in total. The molecule has 3 aromatic rings. The van der Waals surface area contributed by atoms with Gasteiger partial charge in [-0.05, 0) is 49.4 Å². The van der Waals surface area contributed by atoms with Crippen LogP contribution in [0.25, 0.3) is 11.5 Å². The molecule has 0 unspecified atom stereocenters. The summed E-state index contributed by atoms with van der Waals surface area (Å²) in [6, 6.07) is 13.7. The number of ether oxygens (including phenoxy) is 1. The number of hydrogen-bond donors (Lipinski definition) is 1. The van der Waals surface area contributed by atoms with Crippen molar-refractivity contribution in [1.29, 1.82) is 0 Å². The highest BCUT2D eigenvalue weighted by atomic mass is 32.2. The molecule has 7 nitrogen and oxygen atoms in total. The summed E-state index contributed by atoms with van der Waals surface area (Å²) >= 11 is 0. The van der Waals surface area contributed by atoms with Gasteiger partial charge in [0.1, 0.15) is 5.82 Å². The highest BCUT2D eigenvalue weighted by Gasteiger charge is 2.28. The molecule has 1 fully saturated rings. The Morgan fingerprint density at radius 3 is 2.45 bits per heavy atom. The van der Waals surface area contributed by atoms with Gasteiger partial charge >= 0.3 is 0 Å². The fourth-order valence-corrected chi connectivity index (χ4v) is 4.66. The van der Waals surface area contributed by atoms with Crippen LogP contribution in [0.3, 0.4) is 0 Å². The number of morpholine rings is 1. The fraction of sp³-hybridized carbons (Fsp3) is 0.318. The molecular formula is C22H24FN3O4S. The Morgan fingerprint density at radius 2 is 1.74 bits per heavy atom. The van der Waals surface area contributed by atoms with Crippen LogP contribution in [-0.4, -0.2) is 57.7 Å². The third-order valence-corrected chi connectivity index (χ3v) is 6.71. The van der Waals surface area contributed by atoms with Crippen molar-refractivity contribution in [3.63, 3.8) is 0 Å². The third kappa shape index (κ3) is 5.12. The number of rotatable bonds is 8. The molecule has 0 aliphatic carbocycles. The van der Waals surface area contributed by atoms with Crippen LogP contribution < -0.4 is 5.32 Å². The van der Waals surface area contributed by atoms with Crippen LogP contribution >= 0.6 is 0 Å². The van der Waals surface area contributed by atoms with E-state index in [9.17, 15) is 12.8 Å². The van der Waals surface area contributed by atoms with Gasteiger partial charge < -0.3 is 14.5 Å². The lowest BCUT2D eigenvalue weighted by Gasteiger charge is -2.26. The van der Waals surface area contributed by atoms with E-state index in [1.54, 1.807) is 18.2 Å². The first kappa shape index (κ1) is 21.5. The first-order chi connectivity index (χ1) is 15.0. The summed E-state index contributed by atoms with van der Waals surface area (Å²) < 4.78 is 50.8. The van der Waals surface area contributed by atoms with Crippen molar-refractivity contribution in [3.8, 4) is 11.5 Å². The van der Waals surface area contributed by atoms with E-state index in [4.69, 9.17) is 9.15 Å². The van der Waals surface area contributed by atoms with E-state index >= 15 is 0 Å². The average Bonchev–Trinajstić information content (AvgIpc) is 3.24. The number of sulfone groups is 1. The summed E-state index contributed by atoms with van der Waals surface area (Å²) in [7, 11) is -3.89. The van der Waals surface area contributed by atoms with E-state index in [0.717, 1.165) is 39.3 Å². The minimum absolute atomic E-state index is 0.0881. The summed E-state index contributed by atoms with van der Waals surface area (Å²) in [6.07, 6.45) is 0.803. The zero-order chi connectivity index (χ0) is 21.7. The Balaban J connectivity index is 1.57. The fourth-order valence-electron chi connectivity index (χ4n) is 3.36. The van der Waals surface area contributed by atoms with Crippen LogP contribution in [0.5, 0.6) is 0 Å². The third-order valence-electron chi connectivity index (χ3n) is 5.04. The molecule has 1 aliphatic heterocycles. The number of benzene rings is 2. The maximum Gasteiger partial charge on any atom is 0.233 e. The monoisotopic (exact) mass is 445 g/mol. The standard InChI is InChI=1S/C22H24FN3O4S/c23-18-9-7-17(8-10-18)20-25-22(31(27,28)19-5-2-1-3-6-19)21(30-20)24-11-4-12-26-13-15-29-16-14-26/h1-3,5-10,24H,4,11-16H2. The number of oxazole rings is 1. The SMILES string of the molecule is O=S(=O)(c1ccccc1)c1nc(-c2ccc(F)cc2)oc1NCCCN1CCOCC1. The molecular weight excluding hydrogens is 421 g/mol. The molecule has 2 aromatic carbocycles. The molecule has 1 aliphatic rings. The van der Waals surface area contributed by atoms with Gasteiger partial charge in [-0.1, -0.05) is 18.2 Å². The Labute approximate surface area is 180 Å². The first-order valence-corrected chi connectivity index (χ1v) is 11.6. The van der Waals surface area contributed by atoms with Crippen LogP contribution in [0.4, 0.5) is 10.3 Å². The van der Waals surface area contributed by atoms with Crippen molar-refractivity contribution >= 4 is 15.7 Å². The van der Waals surface area contributed by atoms with E-state index in [2.05, 4.69) is 15.2 Å². The number of hydrogen-bond acceptors (Lipinski definition) is 7. The number of aromatic nitrogens is 1. The predicted molar refractivity (Wildman–Crippen MR) is 114 cm³/mol. The smallest absolute Gasteiger partial charge is 0.233 e. The number of nitrogens with one attached hydrogen (secondary N) is 1. The highest BCUT2D eigenvalue weighted by molar-refractivity contribution is 7.91. The van der Waals surface area contributed by atoms with Crippen LogP contribution in [0.2, 0.25) is 0 Å². The van der Waals surface area contributed by atoms with Gasteiger partial charge in [0.2, 0.25) is 26.6 Å². The van der Waals surface area contributed by atoms with Crippen molar-refractivity contribution in [2.45, 2.75) is 16.3 Å². The lowest BCUT2D eigenvalue weighted by molar-refractivity contribution is 0.0378. The second-order valence-electron chi connectivity index (χ2n) is 7.21. The second-order valence-corrected chi connectivity index (χ2v) is 9.08. The topological polar surface area (TPSA) is 84.7 Å². The van der Waals surface area contributed by atoms with Crippen LogP contribution in [0.1, 0.15) is 6.42 Å². The quantitative estimate of drug-likeness (QED) is 0.532. The van der Waals surface area contributed by atoms with Crippen LogP contribution in [0, 0.1) is 5.82 Å². The molecule has 0 bridgehead atoms. The van der Waals surface area contributed by atoms with Crippen molar-refractivity contribution in [2.75, 3.05) is 44.7 Å². The molecule has 0 saturated carbocycles. The Bertz CT molecular complexity index is 1100. The zero-order valence-electron chi connectivity index (χ0n) is 17.0. The number of nitrogens with zero attached hydrogens (tertiary/aromatic N) is 2. The second kappa shape index (κ2) is 9.59. The van der Waals surface area contributed by atoms with Crippen LogP contribution in [-0.2, 0) is 14.6 Å². The summed E-state index contributed by atoms with van der Waals surface area (Å²) in [5, 5.41) is 2.91. The first-order valence-electron chi connectivity index (χ1n) is 10.1. The van der Waals surface area contributed by atoms with Gasteiger partial charge in [-0.25, -0.2) is 12.8 Å². The molecule has 0 spiro atoms. The van der Waals surface area contributed by atoms with Gasteiger partial charge in [0, 0.05) is 25.2 Å². The van der Waals surface area contributed by atoms with Gasteiger partial charge in [0.25, 0.3) is 0 Å². The van der Waals surface area contributed by atoms with E-state index < -0.39 is 15.7 Å². The van der Waals surface area contributed by atoms with Crippen molar-refractivity contribution in [1.82, 2.24) is 9.88 Å². The molecule has 0 radical (unpaired) electrons. The molecule has 2 heterocycles. The lowest BCUT2D eigenvalue weighted by Crippen LogP contribution is -2.37. The van der Waals surface area contributed by atoms with Crippen molar-refractivity contribution in [3.05, 3.63) is 60.4 Å². The van der Waals surface area contributed by atoms with Gasteiger partial charge in [0.15, 0.2) is 0 Å². The zero-order valence-corrected chi connectivity index (χ0v) is 17.8. The lowest BCUT2D eigenvalue weighted by atomic mass is 10.2. The molecule has 31 heavy (non-hydrogen) atoms. The molecule has 164 valence electrons. The molecule has 0 atom stereocenters. The largest absolute Gasteiger partial charge is 0.419 e. The predicted octanol–water partition coefficient (Wildman–Crippen LogP) is 3.45.